The van der Waals surface area contributed by atoms with E-state index in [0.717, 1.165) is 85.7 Å². The van der Waals surface area contributed by atoms with Gasteiger partial charge in [0.25, 0.3) is 0 Å². The molecule has 1 aromatic carbocycles. The third kappa shape index (κ3) is 5.78. The number of aromatic nitrogens is 4. The lowest BCUT2D eigenvalue weighted by atomic mass is 9.97. The highest BCUT2D eigenvalue weighted by molar-refractivity contribution is 5.91. The highest BCUT2D eigenvalue weighted by Gasteiger charge is 2.29. The number of piperazine rings is 1. The van der Waals surface area contributed by atoms with E-state index in [0.29, 0.717) is 19.0 Å². The van der Waals surface area contributed by atoms with Gasteiger partial charge in [0.2, 0.25) is 5.91 Å². The average molecular weight is 509 g/mol. The molecule has 2 aromatic heterocycles. The molecule has 1 amide bonds. The van der Waals surface area contributed by atoms with Crippen LogP contribution in [0.4, 0.5) is 10.2 Å². The first-order valence-electron chi connectivity index (χ1n) is 13.9. The molecule has 0 aliphatic carbocycles. The Kier molecular flexibility index (Phi) is 8.77. The Labute approximate surface area is 220 Å². The summed E-state index contributed by atoms with van der Waals surface area (Å²) in [4.78, 5) is 27.6. The van der Waals surface area contributed by atoms with Crippen LogP contribution >= 0.6 is 0 Å². The Morgan fingerprint density at radius 1 is 1.00 bits per heavy atom. The predicted octanol–water partition coefficient (Wildman–Crippen LogP) is 6.03. The van der Waals surface area contributed by atoms with Crippen LogP contribution < -0.4 is 4.90 Å². The zero-order chi connectivity index (χ0) is 26.5. The number of unbranched alkanes of at least 4 members (excludes halogenated alkanes) is 1. The number of nitrogens with zero attached hydrogens (tertiary/aromatic N) is 6. The number of benzene rings is 1. The maximum absolute atomic E-state index is 13.6. The number of anilines is 1. The van der Waals surface area contributed by atoms with Crippen LogP contribution in [0.2, 0.25) is 0 Å². The van der Waals surface area contributed by atoms with E-state index in [1.165, 1.54) is 12.1 Å². The van der Waals surface area contributed by atoms with Crippen molar-refractivity contribution in [2.24, 2.45) is 5.92 Å². The second-order valence-corrected chi connectivity index (χ2v) is 10.3. The summed E-state index contributed by atoms with van der Waals surface area (Å²) in [6.45, 7) is 13.4. The van der Waals surface area contributed by atoms with Gasteiger partial charge < -0.3 is 9.80 Å². The molecule has 2 atom stereocenters. The Morgan fingerprint density at radius 2 is 1.70 bits per heavy atom. The van der Waals surface area contributed by atoms with Gasteiger partial charge >= 0.3 is 0 Å². The number of carbonyl (C=O) groups excluding carboxylic acids is 1. The van der Waals surface area contributed by atoms with Crippen molar-refractivity contribution in [3.8, 4) is 5.69 Å². The number of rotatable bonds is 10. The van der Waals surface area contributed by atoms with E-state index in [2.05, 4.69) is 32.6 Å². The van der Waals surface area contributed by atoms with E-state index < -0.39 is 0 Å². The van der Waals surface area contributed by atoms with Crippen molar-refractivity contribution in [1.29, 1.82) is 0 Å². The quantitative estimate of drug-likeness (QED) is 0.334. The van der Waals surface area contributed by atoms with Crippen molar-refractivity contribution >= 4 is 22.8 Å². The summed E-state index contributed by atoms with van der Waals surface area (Å²) in [5, 5.41) is 5.72. The molecule has 3 aromatic rings. The van der Waals surface area contributed by atoms with Crippen molar-refractivity contribution < 1.29 is 9.18 Å². The second kappa shape index (κ2) is 12.0. The van der Waals surface area contributed by atoms with Crippen LogP contribution in [0, 0.1) is 18.7 Å². The van der Waals surface area contributed by atoms with Gasteiger partial charge in [-0.2, -0.15) is 5.10 Å². The molecule has 1 fully saturated rings. The fraction of sp³-hybridized carbons (Fsp3) is 0.586. The van der Waals surface area contributed by atoms with Crippen LogP contribution in [0.5, 0.6) is 0 Å². The molecule has 200 valence electrons. The summed E-state index contributed by atoms with van der Waals surface area (Å²) < 4.78 is 15.4. The standard InChI is InChI=1S/C29H41FN6O/c1-6-9-11-22(8-3)29(37)35-18-16-34(17-19-35)27-25-21(5)33-36(24-14-12-23(30)13-15-24)28(25)32-26(31-27)20(4)10-7-2/h12-15,20,22H,6-11,16-19H2,1-5H3. The first kappa shape index (κ1) is 27.0. The van der Waals surface area contributed by atoms with Crippen molar-refractivity contribution in [2.45, 2.75) is 79.1 Å². The largest absolute Gasteiger partial charge is 0.352 e. The second-order valence-electron chi connectivity index (χ2n) is 10.3. The predicted molar refractivity (Wildman–Crippen MR) is 147 cm³/mol. The Morgan fingerprint density at radius 3 is 2.32 bits per heavy atom. The molecule has 2 unspecified atom stereocenters. The molecule has 7 nitrogen and oxygen atoms in total. The molecule has 4 rings (SSSR count). The van der Waals surface area contributed by atoms with Gasteiger partial charge in [0.05, 0.1) is 16.8 Å². The first-order valence-corrected chi connectivity index (χ1v) is 13.9. The molecule has 1 saturated heterocycles. The smallest absolute Gasteiger partial charge is 0.225 e. The third-order valence-corrected chi connectivity index (χ3v) is 7.57. The highest BCUT2D eigenvalue weighted by atomic mass is 19.1. The molecule has 8 heteroatoms. The van der Waals surface area contributed by atoms with Gasteiger partial charge in [0.1, 0.15) is 17.5 Å². The SMILES string of the molecule is CCCCC(CC)C(=O)N1CCN(c2nc(C(C)CCC)nc3c2c(C)nn3-c2ccc(F)cc2)CC1. The van der Waals surface area contributed by atoms with Crippen molar-refractivity contribution in [3.05, 3.63) is 41.6 Å². The van der Waals surface area contributed by atoms with Crippen molar-refractivity contribution in [3.63, 3.8) is 0 Å². The van der Waals surface area contributed by atoms with Gasteiger partial charge in [0.15, 0.2) is 5.65 Å². The van der Waals surface area contributed by atoms with Crippen LogP contribution in [-0.4, -0.2) is 56.7 Å². The number of amides is 1. The number of aryl methyl sites for hydroxylation is 1. The lowest BCUT2D eigenvalue weighted by Gasteiger charge is -2.37. The molecule has 1 aliphatic rings. The fourth-order valence-electron chi connectivity index (χ4n) is 5.30. The van der Waals surface area contributed by atoms with Gasteiger partial charge in [-0.1, -0.05) is 47.0 Å². The van der Waals surface area contributed by atoms with Crippen LogP contribution in [0.15, 0.2) is 24.3 Å². The minimum atomic E-state index is -0.281. The first-order chi connectivity index (χ1) is 17.9. The summed E-state index contributed by atoms with van der Waals surface area (Å²) in [7, 11) is 0. The summed E-state index contributed by atoms with van der Waals surface area (Å²) in [5.41, 5.74) is 2.36. The maximum atomic E-state index is 13.6. The van der Waals surface area contributed by atoms with Gasteiger partial charge in [-0.3, -0.25) is 4.79 Å². The number of carbonyl (C=O) groups is 1. The Bertz CT molecular complexity index is 1200. The minimum Gasteiger partial charge on any atom is -0.352 e. The maximum Gasteiger partial charge on any atom is 0.225 e. The Hall–Kier alpha value is -3.03. The summed E-state index contributed by atoms with van der Waals surface area (Å²) >= 11 is 0. The normalized spacial score (nSPS) is 15.8. The fourth-order valence-corrected chi connectivity index (χ4v) is 5.30. The molecule has 0 saturated carbocycles. The van der Waals surface area contributed by atoms with Crippen molar-refractivity contribution in [2.75, 3.05) is 31.1 Å². The molecule has 37 heavy (non-hydrogen) atoms. The lowest BCUT2D eigenvalue weighted by molar-refractivity contribution is -0.136. The highest BCUT2D eigenvalue weighted by Crippen LogP contribution is 2.32. The summed E-state index contributed by atoms with van der Waals surface area (Å²) in [5.74, 6) is 2.03. The number of halogens is 1. The van der Waals surface area contributed by atoms with Crippen LogP contribution in [0.25, 0.3) is 16.7 Å². The molecule has 3 heterocycles. The molecular weight excluding hydrogens is 467 g/mol. The van der Waals surface area contributed by atoms with Crippen molar-refractivity contribution in [1.82, 2.24) is 24.6 Å². The van der Waals surface area contributed by atoms with E-state index in [1.807, 2.05) is 11.8 Å². The Balaban J connectivity index is 1.67. The number of hydrogen-bond acceptors (Lipinski definition) is 5. The van der Waals surface area contributed by atoms with Gasteiger partial charge in [-0.05, 0) is 50.5 Å². The number of fused-ring (bicyclic) bond motifs is 1. The van der Waals surface area contributed by atoms with E-state index in [4.69, 9.17) is 15.1 Å². The van der Waals surface area contributed by atoms with Gasteiger partial charge in [0, 0.05) is 38.0 Å². The summed E-state index contributed by atoms with van der Waals surface area (Å²) in [6, 6.07) is 6.35. The minimum absolute atomic E-state index is 0.120. The van der Waals surface area contributed by atoms with E-state index in [9.17, 15) is 9.18 Å². The third-order valence-electron chi connectivity index (χ3n) is 7.57. The van der Waals surface area contributed by atoms with Gasteiger partial charge in [-0.25, -0.2) is 19.0 Å². The number of hydrogen-bond donors (Lipinski definition) is 0. The average Bonchev–Trinajstić information content (AvgIpc) is 3.25. The molecule has 1 aliphatic heterocycles. The van der Waals surface area contributed by atoms with E-state index >= 15 is 0 Å². The van der Waals surface area contributed by atoms with E-state index in [-0.39, 0.29) is 17.7 Å². The summed E-state index contributed by atoms with van der Waals surface area (Å²) in [6.07, 6.45) is 6.12. The monoisotopic (exact) mass is 508 g/mol. The zero-order valence-corrected chi connectivity index (χ0v) is 23.0. The van der Waals surface area contributed by atoms with Crippen LogP contribution in [-0.2, 0) is 4.79 Å². The van der Waals surface area contributed by atoms with Crippen LogP contribution in [0.1, 0.15) is 83.7 Å². The molecule has 0 spiro atoms. The molecule has 0 N–H and O–H groups in total. The lowest BCUT2D eigenvalue weighted by Crippen LogP contribution is -2.50. The molecule has 0 radical (unpaired) electrons. The topological polar surface area (TPSA) is 67.2 Å². The molecular formula is C29H41FN6O. The molecule has 0 bridgehead atoms. The van der Waals surface area contributed by atoms with E-state index in [1.54, 1.807) is 16.8 Å². The van der Waals surface area contributed by atoms with Crippen LogP contribution in [0.3, 0.4) is 0 Å². The zero-order valence-electron chi connectivity index (χ0n) is 23.0. The van der Waals surface area contributed by atoms with Gasteiger partial charge in [-0.15, -0.1) is 0 Å².